The van der Waals surface area contributed by atoms with Gasteiger partial charge in [0.1, 0.15) is 11.8 Å². The number of benzene rings is 1. The zero-order valence-corrected chi connectivity index (χ0v) is 14.7. The molecule has 0 amide bonds. The number of hydrogen-bond donors (Lipinski definition) is 1. The van der Waals surface area contributed by atoms with Crippen LogP contribution in [-0.2, 0) is 14.3 Å². The van der Waals surface area contributed by atoms with E-state index in [-0.39, 0.29) is 5.97 Å². The molecule has 0 fully saturated rings. The number of nitrogens with one attached hydrogen (secondary N) is 1. The predicted octanol–water partition coefficient (Wildman–Crippen LogP) is 4.12. The van der Waals surface area contributed by atoms with Gasteiger partial charge in [0.15, 0.2) is 0 Å². The minimum atomic E-state index is -1.01. The molecule has 0 saturated carbocycles. The molecule has 23 heavy (non-hydrogen) atoms. The molecule has 2 atom stereocenters. The molecule has 0 aliphatic heterocycles. The molecule has 0 saturated heterocycles. The van der Waals surface area contributed by atoms with Gasteiger partial charge in [-0.15, -0.1) is 0 Å². The largest absolute Gasteiger partial charge is 0.464 e. The van der Waals surface area contributed by atoms with E-state index in [2.05, 4.69) is 12.2 Å². The maximum atomic E-state index is 12.7. The van der Waals surface area contributed by atoms with E-state index in [0.717, 1.165) is 30.4 Å². The molecule has 1 aromatic carbocycles. The second-order valence-electron chi connectivity index (χ2n) is 5.92. The van der Waals surface area contributed by atoms with Gasteiger partial charge >= 0.3 is 5.97 Å². The molecule has 1 N–H and O–H groups in total. The number of aldehydes is 1. The first-order valence-corrected chi connectivity index (χ1v) is 8.51. The minimum Gasteiger partial charge on any atom is -0.464 e. The van der Waals surface area contributed by atoms with Crippen LogP contribution < -0.4 is 5.32 Å². The van der Waals surface area contributed by atoms with Gasteiger partial charge in [0.25, 0.3) is 0 Å². The van der Waals surface area contributed by atoms with Crippen molar-refractivity contribution in [3.05, 3.63) is 29.8 Å². The van der Waals surface area contributed by atoms with Gasteiger partial charge in [0.2, 0.25) is 0 Å². The fourth-order valence-corrected chi connectivity index (χ4v) is 2.80. The monoisotopic (exact) mass is 319 g/mol. The first-order chi connectivity index (χ1) is 11.0. The summed E-state index contributed by atoms with van der Waals surface area (Å²) in [4.78, 5) is 24.4. The number of esters is 1. The standard InChI is InChI=1S/C19H29NO3/c1-5-8-9-16(14-21)19(6-2,18(22)23-7-3)20-17-12-10-15(4)11-13-17/h10-14,16,20H,5-9H2,1-4H3/t16-,19+/m1/s1. The molecule has 0 heterocycles. The Morgan fingerprint density at radius 1 is 1.26 bits per heavy atom. The van der Waals surface area contributed by atoms with Crippen LogP contribution in [0.5, 0.6) is 0 Å². The summed E-state index contributed by atoms with van der Waals surface area (Å²) in [5.74, 6) is -0.760. The molecule has 0 bridgehead atoms. The summed E-state index contributed by atoms with van der Waals surface area (Å²) in [7, 11) is 0. The van der Waals surface area contributed by atoms with E-state index < -0.39 is 11.5 Å². The zero-order valence-electron chi connectivity index (χ0n) is 14.7. The number of carbonyl (C=O) groups excluding carboxylic acids is 2. The van der Waals surface area contributed by atoms with Gasteiger partial charge in [-0.1, -0.05) is 44.4 Å². The third-order valence-corrected chi connectivity index (χ3v) is 4.28. The molecular formula is C19H29NO3. The maximum Gasteiger partial charge on any atom is 0.332 e. The molecule has 1 aromatic rings. The van der Waals surface area contributed by atoms with Crippen molar-refractivity contribution in [2.45, 2.75) is 58.9 Å². The number of aryl methyl sites for hydroxylation is 1. The number of hydrogen-bond acceptors (Lipinski definition) is 4. The van der Waals surface area contributed by atoms with Crippen LogP contribution in [0.25, 0.3) is 0 Å². The van der Waals surface area contributed by atoms with Crippen LogP contribution >= 0.6 is 0 Å². The van der Waals surface area contributed by atoms with Crippen LogP contribution in [0.3, 0.4) is 0 Å². The Hall–Kier alpha value is -1.84. The second-order valence-corrected chi connectivity index (χ2v) is 5.92. The van der Waals surface area contributed by atoms with Gasteiger partial charge < -0.3 is 14.8 Å². The van der Waals surface area contributed by atoms with Gasteiger partial charge in [0, 0.05) is 11.6 Å². The molecule has 0 aliphatic carbocycles. The highest BCUT2D eigenvalue weighted by atomic mass is 16.5. The summed E-state index contributed by atoms with van der Waals surface area (Å²) in [6.45, 7) is 8.09. The van der Waals surface area contributed by atoms with Crippen LogP contribution in [0.15, 0.2) is 24.3 Å². The normalized spacial score (nSPS) is 14.6. The molecule has 0 radical (unpaired) electrons. The molecule has 4 nitrogen and oxygen atoms in total. The Morgan fingerprint density at radius 3 is 2.39 bits per heavy atom. The second kappa shape index (κ2) is 9.33. The summed E-state index contributed by atoms with van der Waals surface area (Å²) in [6, 6.07) is 7.83. The summed E-state index contributed by atoms with van der Waals surface area (Å²) in [5, 5.41) is 3.31. The molecular weight excluding hydrogens is 290 g/mol. The van der Waals surface area contributed by atoms with Crippen molar-refractivity contribution in [3.8, 4) is 0 Å². The first kappa shape index (κ1) is 19.2. The minimum absolute atomic E-state index is 0.301. The fourth-order valence-electron chi connectivity index (χ4n) is 2.80. The maximum absolute atomic E-state index is 12.7. The van der Waals surface area contributed by atoms with Crippen molar-refractivity contribution < 1.29 is 14.3 Å². The highest BCUT2D eigenvalue weighted by Gasteiger charge is 2.45. The Kier molecular flexibility index (Phi) is 7.79. The first-order valence-electron chi connectivity index (χ1n) is 8.51. The lowest BCUT2D eigenvalue weighted by atomic mass is 9.79. The highest BCUT2D eigenvalue weighted by molar-refractivity contribution is 5.88. The molecule has 128 valence electrons. The van der Waals surface area contributed by atoms with Crippen molar-refractivity contribution in [1.29, 1.82) is 0 Å². The van der Waals surface area contributed by atoms with Gasteiger partial charge in [-0.05, 0) is 38.8 Å². The SMILES string of the molecule is CCCC[C@H](C=O)[C@](CC)(Nc1ccc(C)cc1)C(=O)OCC. The quantitative estimate of drug-likeness (QED) is 0.520. The van der Waals surface area contributed by atoms with Crippen molar-refractivity contribution in [3.63, 3.8) is 0 Å². The topological polar surface area (TPSA) is 55.4 Å². The van der Waals surface area contributed by atoms with E-state index in [1.165, 1.54) is 0 Å². The third-order valence-electron chi connectivity index (χ3n) is 4.28. The summed E-state index contributed by atoms with van der Waals surface area (Å²) in [5.41, 5.74) is 0.961. The predicted molar refractivity (Wildman–Crippen MR) is 93.5 cm³/mol. The van der Waals surface area contributed by atoms with E-state index in [4.69, 9.17) is 4.74 Å². The Labute approximate surface area is 139 Å². The molecule has 4 heteroatoms. The van der Waals surface area contributed by atoms with Crippen molar-refractivity contribution in [1.82, 2.24) is 0 Å². The summed E-state index contributed by atoms with van der Waals surface area (Å²) < 4.78 is 5.30. The zero-order chi connectivity index (χ0) is 17.3. The van der Waals surface area contributed by atoms with Gasteiger partial charge in [0.05, 0.1) is 6.61 Å². The Balaban J connectivity index is 3.18. The van der Waals surface area contributed by atoms with E-state index in [1.54, 1.807) is 6.92 Å². The Morgan fingerprint density at radius 2 is 1.91 bits per heavy atom. The number of rotatable bonds is 10. The van der Waals surface area contributed by atoms with E-state index in [1.807, 2.05) is 38.1 Å². The van der Waals surface area contributed by atoms with Crippen molar-refractivity contribution in [2.24, 2.45) is 5.92 Å². The van der Waals surface area contributed by atoms with Gasteiger partial charge in [-0.3, -0.25) is 0 Å². The number of unbranched alkanes of at least 4 members (excludes halogenated alkanes) is 1. The Bertz CT molecular complexity index is 498. The molecule has 0 aliphatic rings. The van der Waals surface area contributed by atoms with E-state index in [0.29, 0.717) is 19.4 Å². The van der Waals surface area contributed by atoms with Crippen LogP contribution in [0.2, 0.25) is 0 Å². The lowest BCUT2D eigenvalue weighted by Gasteiger charge is -2.37. The summed E-state index contributed by atoms with van der Waals surface area (Å²) >= 11 is 0. The number of ether oxygens (including phenoxy) is 1. The van der Waals surface area contributed by atoms with Crippen molar-refractivity contribution >= 4 is 17.9 Å². The van der Waals surface area contributed by atoms with Crippen LogP contribution in [-0.4, -0.2) is 24.4 Å². The van der Waals surface area contributed by atoms with E-state index in [9.17, 15) is 9.59 Å². The van der Waals surface area contributed by atoms with Crippen LogP contribution in [0.1, 0.15) is 52.0 Å². The van der Waals surface area contributed by atoms with Gasteiger partial charge in [-0.2, -0.15) is 0 Å². The lowest BCUT2D eigenvalue weighted by Crippen LogP contribution is -2.53. The fraction of sp³-hybridized carbons (Fsp3) is 0.579. The van der Waals surface area contributed by atoms with Gasteiger partial charge in [-0.25, -0.2) is 4.79 Å². The van der Waals surface area contributed by atoms with Crippen LogP contribution in [0, 0.1) is 12.8 Å². The highest BCUT2D eigenvalue weighted by Crippen LogP contribution is 2.31. The third kappa shape index (κ3) is 4.81. The molecule has 0 unspecified atom stereocenters. The average molecular weight is 319 g/mol. The van der Waals surface area contributed by atoms with Crippen LogP contribution in [0.4, 0.5) is 5.69 Å². The smallest absolute Gasteiger partial charge is 0.332 e. The molecule has 0 aromatic heterocycles. The molecule has 1 rings (SSSR count). The lowest BCUT2D eigenvalue weighted by molar-refractivity contribution is -0.152. The van der Waals surface area contributed by atoms with Crippen molar-refractivity contribution in [2.75, 3.05) is 11.9 Å². The number of anilines is 1. The number of carbonyl (C=O) groups is 2. The van der Waals surface area contributed by atoms with E-state index >= 15 is 0 Å². The summed E-state index contributed by atoms with van der Waals surface area (Å²) in [6.07, 6.45) is 3.95. The average Bonchev–Trinajstić information content (AvgIpc) is 2.56. The molecule has 0 spiro atoms.